The number of aliphatic imine (C=N–C) groups is 1. The van der Waals surface area contributed by atoms with Crippen LogP contribution in [0.5, 0.6) is 5.75 Å². The van der Waals surface area contributed by atoms with Gasteiger partial charge in [0.05, 0.1) is 13.1 Å². The fourth-order valence-corrected chi connectivity index (χ4v) is 2.42. The normalized spacial score (nSPS) is 11.0. The Balaban J connectivity index is 0.00000729. The van der Waals surface area contributed by atoms with Gasteiger partial charge in [0.15, 0.2) is 5.96 Å². The van der Waals surface area contributed by atoms with E-state index in [4.69, 9.17) is 4.74 Å². The zero-order chi connectivity index (χ0) is 20.1. The predicted molar refractivity (Wildman–Crippen MR) is 127 cm³/mol. The maximum Gasteiger partial charge on any atom is 0.241 e. The first-order chi connectivity index (χ1) is 13.0. The summed E-state index contributed by atoms with van der Waals surface area (Å²) in [5.41, 5.74) is 1.02. The Morgan fingerprint density at radius 1 is 1.11 bits per heavy atom. The van der Waals surface area contributed by atoms with Gasteiger partial charge in [0.1, 0.15) is 12.4 Å². The van der Waals surface area contributed by atoms with Crippen LogP contribution in [-0.4, -0.2) is 75.1 Å². The molecule has 0 heterocycles. The molecule has 0 spiro atoms. The number of carbonyl (C=O) groups is 1. The second-order valence-corrected chi connectivity index (χ2v) is 6.32. The fourth-order valence-electron chi connectivity index (χ4n) is 2.42. The summed E-state index contributed by atoms with van der Waals surface area (Å²) in [5.74, 6) is 1.47. The van der Waals surface area contributed by atoms with Crippen molar-refractivity contribution in [2.75, 3.05) is 53.4 Å². The molecule has 160 valence electrons. The minimum Gasteiger partial charge on any atom is -0.492 e. The van der Waals surface area contributed by atoms with Crippen LogP contribution >= 0.6 is 24.0 Å². The number of nitrogens with one attached hydrogen (secondary N) is 2. The molecule has 2 N–H and O–H groups in total. The van der Waals surface area contributed by atoms with Crippen LogP contribution in [0.4, 0.5) is 0 Å². The van der Waals surface area contributed by atoms with Crippen LogP contribution in [0.15, 0.2) is 29.3 Å². The molecule has 0 bridgehead atoms. The van der Waals surface area contributed by atoms with E-state index in [0.717, 1.165) is 37.5 Å². The molecule has 0 aliphatic rings. The monoisotopic (exact) mass is 505 g/mol. The van der Waals surface area contributed by atoms with E-state index in [1.165, 1.54) is 0 Å². The van der Waals surface area contributed by atoms with Crippen LogP contribution in [0, 0.1) is 0 Å². The van der Waals surface area contributed by atoms with Crippen LogP contribution in [0.2, 0.25) is 0 Å². The van der Waals surface area contributed by atoms with Gasteiger partial charge in [-0.2, -0.15) is 0 Å². The Morgan fingerprint density at radius 2 is 1.79 bits per heavy atom. The molecule has 7 nitrogen and oxygen atoms in total. The summed E-state index contributed by atoms with van der Waals surface area (Å²) in [4.78, 5) is 20.2. The minimum atomic E-state index is 0. The lowest BCUT2D eigenvalue weighted by Crippen LogP contribution is -2.42. The van der Waals surface area contributed by atoms with Gasteiger partial charge < -0.3 is 25.2 Å². The molecule has 0 atom stereocenters. The Labute approximate surface area is 186 Å². The largest absolute Gasteiger partial charge is 0.492 e. The lowest BCUT2D eigenvalue weighted by molar-refractivity contribution is -0.127. The maximum absolute atomic E-state index is 11.8. The fraction of sp³-hybridized carbons (Fsp3) is 0.600. The highest BCUT2D eigenvalue weighted by atomic mass is 127. The molecular weight excluding hydrogens is 469 g/mol. The highest BCUT2D eigenvalue weighted by Crippen LogP contribution is 2.18. The summed E-state index contributed by atoms with van der Waals surface area (Å²) < 4.78 is 5.98. The topological polar surface area (TPSA) is 69.2 Å². The molecule has 8 heteroatoms. The summed E-state index contributed by atoms with van der Waals surface area (Å²) in [7, 11) is 3.47. The van der Waals surface area contributed by atoms with Gasteiger partial charge in [-0.1, -0.05) is 32.0 Å². The first kappa shape index (κ1) is 26.4. The van der Waals surface area contributed by atoms with Gasteiger partial charge in [0.2, 0.25) is 5.91 Å². The molecule has 1 aromatic rings. The average molecular weight is 505 g/mol. The summed E-state index contributed by atoms with van der Waals surface area (Å²) in [6.45, 7) is 11.3. The number of nitrogens with zero attached hydrogens (tertiary/aromatic N) is 3. The first-order valence-electron chi connectivity index (χ1n) is 9.67. The van der Waals surface area contributed by atoms with E-state index in [0.29, 0.717) is 19.1 Å². The molecule has 1 rings (SSSR count). The smallest absolute Gasteiger partial charge is 0.241 e. The van der Waals surface area contributed by atoms with Crippen LogP contribution in [-0.2, 0) is 11.3 Å². The molecule has 1 amide bonds. The van der Waals surface area contributed by atoms with E-state index in [2.05, 4.69) is 34.4 Å². The van der Waals surface area contributed by atoms with E-state index in [9.17, 15) is 4.79 Å². The molecule has 0 aliphatic carbocycles. The summed E-state index contributed by atoms with van der Waals surface area (Å²) in [5, 5.41) is 6.23. The first-order valence-corrected chi connectivity index (χ1v) is 9.67. The third-order valence-electron chi connectivity index (χ3n) is 4.19. The lowest BCUT2D eigenvalue weighted by atomic mass is 10.2. The van der Waals surface area contributed by atoms with Gasteiger partial charge in [-0.25, -0.2) is 4.99 Å². The highest BCUT2D eigenvalue weighted by Gasteiger charge is 2.07. The van der Waals surface area contributed by atoms with Crippen LogP contribution in [0.1, 0.15) is 26.3 Å². The third kappa shape index (κ3) is 10.1. The van der Waals surface area contributed by atoms with Crippen molar-refractivity contribution in [1.29, 1.82) is 0 Å². The molecule has 0 unspecified atom stereocenters. The maximum atomic E-state index is 11.8. The molecular formula is C20H36IN5O2. The Bertz CT molecular complexity index is 592. The molecule has 0 aromatic heterocycles. The number of ether oxygens (including phenoxy) is 1. The van der Waals surface area contributed by atoms with E-state index in [1.54, 1.807) is 19.0 Å². The van der Waals surface area contributed by atoms with Crippen LogP contribution in [0.3, 0.4) is 0 Å². The van der Waals surface area contributed by atoms with Crippen molar-refractivity contribution in [2.45, 2.75) is 27.3 Å². The van der Waals surface area contributed by atoms with E-state index in [1.807, 2.05) is 31.2 Å². The highest BCUT2D eigenvalue weighted by molar-refractivity contribution is 14.0. The number of para-hydroxylation sites is 1. The van der Waals surface area contributed by atoms with Gasteiger partial charge in [-0.05, 0) is 26.1 Å². The summed E-state index contributed by atoms with van der Waals surface area (Å²) in [6, 6.07) is 7.95. The average Bonchev–Trinajstić information content (AvgIpc) is 2.67. The van der Waals surface area contributed by atoms with Crippen molar-refractivity contribution in [2.24, 2.45) is 4.99 Å². The van der Waals surface area contributed by atoms with Gasteiger partial charge >= 0.3 is 0 Å². The van der Waals surface area contributed by atoms with Crippen molar-refractivity contribution in [1.82, 2.24) is 20.4 Å². The van der Waals surface area contributed by atoms with Gasteiger partial charge in [0.25, 0.3) is 0 Å². The molecule has 0 fully saturated rings. The molecule has 28 heavy (non-hydrogen) atoms. The van der Waals surface area contributed by atoms with Crippen LogP contribution in [0.25, 0.3) is 0 Å². The summed E-state index contributed by atoms with van der Waals surface area (Å²) in [6.07, 6.45) is 0. The number of hydrogen-bond donors (Lipinski definition) is 2. The quantitative estimate of drug-likeness (QED) is 0.274. The minimum absolute atomic E-state index is 0. The predicted octanol–water partition coefficient (Wildman–Crippen LogP) is 2.17. The number of carbonyl (C=O) groups excluding carboxylic acids is 1. The number of halogens is 1. The zero-order valence-electron chi connectivity index (χ0n) is 17.8. The Morgan fingerprint density at radius 3 is 2.39 bits per heavy atom. The lowest BCUT2D eigenvalue weighted by Gasteiger charge is -2.19. The standard InChI is InChI=1S/C20H35N5O2.HI/c1-6-21-20(23-16-19(26)24(4)5)22-15-17-11-9-10-12-18(17)27-14-13-25(7-2)8-3;/h9-12H,6-8,13-16H2,1-5H3,(H2,21,22,23);1H. The molecule has 1 aromatic carbocycles. The molecule has 0 radical (unpaired) electrons. The van der Waals surface area contributed by atoms with Crippen molar-refractivity contribution in [3.63, 3.8) is 0 Å². The van der Waals surface area contributed by atoms with Gasteiger partial charge in [0, 0.05) is 32.7 Å². The zero-order valence-corrected chi connectivity index (χ0v) is 20.2. The molecule has 0 saturated carbocycles. The van der Waals surface area contributed by atoms with E-state index >= 15 is 0 Å². The second-order valence-electron chi connectivity index (χ2n) is 6.32. The van der Waals surface area contributed by atoms with Gasteiger partial charge in [-0.3, -0.25) is 4.79 Å². The molecule has 0 aliphatic heterocycles. The van der Waals surface area contributed by atoms with Crippen molar-refractivity contribution in [3.8, 4) is 5.75 Å². The Hall–Kier alpha value is -1.55. The number of amides is 1. The number of benzene rings is 1. The molecule has 0 saturated heterocycles. The van der Waals surface area contributed by atoms with Crippen molar-refractivity contribution >= 4 is 35.8 Å². The third-order valence-corrected chi connectivity index (χ3v) is 4.19. The van der Waals surface area contributed by atoms with Crippen molar-refractivity contribution in [3.05, 3.63) is 29.8 Å². The summed E-state index contributed by atoms with van der Waals surface area (Å²) >= 11 is 0. The van der Waals surface area contributed by atoms with Gasteiger partial charge in [-0.15, -0.1) is 24.0 Å². The number of likely N-dealkylation sites (N-methyl/N-ethyl adjacent to an activating group) is 2. The van der Waals surface area contributed by atoms with E-state index in [-0.39, 0.29) is 36.4 Å². The number of hydrogen-bond acceptors (Lipinski definition) is 4. The van der Waals surface area contributed by atoms with Crippen LogP contribution < -0.4 is 15.4 Å². The van der Waals surface area contributed by atoms with E-state index < -0.39 is 0 Å². The Kier molecular flexibility index (Phi) is 14.5. The number of guanidine groups is 1. The second kappa shape index (κ2) is 15.4. The van der Waals surface area contributed by atoms with Crippen molar-refractivity contribution < 1.29 is 9.53 Å². The SMILES string of the molecule is CCNC(=NCc1ccccc1OCCN(CC)CC)NCC(=O)N(C)C.I. The number of rotatable bonds is 11.